The summed E-state index contributed by atoms with van der Waals surface area (Å²) < 4.78 is 23.5. The Kier molecular flexibility index (Phi) is 7.95. The quantitative estimate of drug-likeness (QED) is 0.395. The summed E-state index contributed by atoms with van der Waals surface area (Å²) in [5.74, 6) is 1.04. The lowest BCUT2D eigenvalue weighted by Crippen LogP contribution is -2.41. The number of carbonyl (C=O) groups excluding carboxylic acids is 1. The van der Waals surface area contributed by atoms with Gasteiger partial charge in [-0.05, 0) is 30.0 Å². The molecular weight excluding hydrogens is 494 g/mol. The predicted molar refractivity (Wildman–Crippen MR) is 152 cm³/mol. The van der Waals surface area contributed by atoms with Gasteiger partial charge in [0.1, 0.15) is 18.1 Å². The molecule has 2 aliphatic rings. The number of nitrogens with one attached hydrogen (secondary N) is 2. The highest BCUT2D eigenvalue weighted by Crippen LogP contribution is 2.36. The molecule has 3 aromatic carbocycles. The van der Waals surface area contributed by atoms with Crippen LogP contribution in [0.5, 0.6) is 5.75 Å². The summed E-state index contributed by atoms with van der Waals surface area (Å²) in [5, 5.41) is 7.52. The Hall–Kier alpha value is -3.75. The van der Waals surface area contributed by atoms with Crippen LogP contribution in [0.1, 0.15) is 45.1 Å². The first-order valence-corrected chi connectivity index (χ1v) is 13.5. The van der Waals surface area contributed by atoms with Gasteiger partial charge in [0.05, 0.1) is 18.9 Å². The largest absolute Gasteiger partial charge is 0.489 e. The zero-order valence-corrected chi connectivity index (χ0v) is 23.0. The molecule has 0 bridgehead atoms. The Balaban J connectivity index is 1.23. The minimum atomic E-state index is -0.618. The van der Waals surface area contributed by atoms with Gasteiger partial charge in [0.15, 0.2) is 0 Å². The van der Waals surface area contributed by atoms with E-state index in [0.717, 1.165) is 60.5 Å². The van der Waals surface area contributed by atoms with E-state index in [9.17, 15) is 4.79 Å². The number of fused-ring (bicyclic) bond motifs is 1. The van der Waals surface area contributed by atoms with Crippen molar-refractivity contribution < 1.29 is 23.7 Å². The summed E-state index contributed by atoms with van der Waals surface area (Å²) in [5.41, 5.74) is 2.66. The molecule has 0 aromatic heterocycles. The Morgan fingerprint density at radius 1 is 1.00 bits per heavy atom. The molecule has 8 nitrogen and oxygen atoms in total. The fourth-order valence-corrected chi connectivity index (χ4v) is 5.03. The highest BCUT2D eigenvalue weighted by Gasteiger charge is 2.29. The Bertz CT molecular complexity index is 1340. The number of amides is 2. The topological polar surface area (TPSA) is 81.3 Å². The van der Waals surface area contributed by atoms with Crippen molar-refractivity contribution in [2.24, 2.45) is 0 Å². The molecule has 1 fully saturated rings. The first-order valence-electron chi connectivity index (χ1n) is 13.5. The molecule has 2 aliphatic heterocycles. The first kappa shape index (κ1) is 26.8. The summed E-state index contributed by atoms with van der Waals surface area (Å²) >= 11 is 0. The smallest absolute Gasteiger partial charge is 0.326 e. The van der Waals surface area contributed by atoms with Crippen LogP contribution in [0.15, 0.2) is 72.8 Å². The second-order valence-corrected chi connectivity index (χ2v) is 11.0. The number of benzene rings is 3. The molecule has 0 saturated carbocycles. The molecule has 2 atom stereocenters. The highest BCUT2D eigenvalue weighted by molar-refractivity contribution is 6.04. The van der Waals surface area contributed by atoms with Gasteiger partial charge in [-0.1, -0.05) is 69.3 Å². The molecule has 5 rings (SSSR count). The van der Waals surface area contributed by atoms with Crippen molar-refractivity contribution in [2.75, 3.05) is 38.2 Å². The molecule has 39 heavy (non-hydrogen) atoms. The van der Waals surface area contributed by atoms with Crippen LogP contribution in [0.4, 0.5) is 10.5 Å². The monoisotopic (exact) mass is 531 g/mol. The molecule has 206 valence electrons. The molecule has 0 spiro atoms. The van der Waals surface area contributed by atoms with Crippen molar-refractivity contribution in [3.8, 4) is 5.75 Å². The van der Waals surface area contributed by atoms with Crippen LogP contribution in [0.2, 0.25) is 0 Å². The van der Waals surface area contributed by atoms with Gasteiger partial charge in [0.25, 0.3) is 6.29 Å². The van der Waals surface area contributed by atoms with E-state index in [4.69, 9.17) is 18.9 Å². The van der Waals surface area contributed by atoms with Gasteiger partial charge in [-0.3, -0.25) is 10.2 Å². The minimum Gasteiger partial charge on any atom is -0.489 e. The summed E-state index contributed by atoms with van der Waals surface area (Å²) in [4.78, 5) is 15.3. The third-order valence-corrected chi connectivity index (χ3v) is 6.87. The average Bonchev–Trinajstić information content (AvgIpc) is 3.38. The molecule has 8 heteroatoms. The lowest BCUT2D eigenvalue weighted by atomic mass is 9.83. The van der Waals surface area contributed by atoms with Crippen molar-refractivity contribution in [2.45, 2.75) is 45.5 Å². The highest BCUT2D eigenvalue weighted by atomic mass is 16.7. The fraction of sp³-hybridized carbons (Fsp3) is 0.387. The van der Waals surface area contributed by atoms with Crippen molar-refractivity contribution in [1.29, 1.82) is 0 Å². The molecule has 2 heterocycles. The van der Waals surface area contributed by atoms with Crippen LogP contribution < -0.4 is 15.4 Å². The number of urea groups is 1. The summed E-state index contributed by atoms with van der Waals surface area (Å²) in [6.45, 7) is 12.7. The van der Waals surface area contributed by atoms with Crippen LogP contribution in [-0.4, -0.2) is 49.9 Å². The molecular formula is C31H37N3O5. The maximum Gasteiger partial charge on any atom is 0.326 e. The fourth-order valence-electron chi connectivity index (χ4n) is 5.03. The Morgan fingerprint density at radius 2 is 1.72 bits per heavy atom. The normalized spacial score (nSPS) is 18.6. The third kappa shape index (κ3) is 6.46. The van der Waals surface area contributed by atoms with Gasteiger partial charge in [0.2, 0.25) is 5.88 Å². The molecule has 0 radical (unpaired) electrons. The lowest BCUT2D eigenvalue weighted by molar-refractivity contribution is -0.0376. The van der Waals surface area contributed by atoms with E-state index < -0.39 is 12.3 Å². The molecule has 0 aliphatic carbocycles. The number of rotatable bonds is 7. The van der Waals surface area contributed by atoms with Gasteiger partial charge in [0, 0.05) is 36.0 Å². The van der Waals surface area contributed by atoms with Crippen LogP contribution >= 0.6 is 0 Å². The number of morpholine rings is 1. The number of carbonyl (C=O) groups is 1. The van der Waals surface area contributed by atoms with E-state index in [1.807, 2.05) is 54.6 Å². The second-order valence-electron chi connectivity index (χ2n) is 11.0. The van der Waals surface area contributed by atoms with Crippen LogP contribution in [0.3, 0.4) is 0 Å². The minimum absolute atomic E-state index is 0.0106. The van der Waals surface area contributed by atoms with Crippen molar-refractivity contribution >= 4 is 22.5 Å². The van der Waals surface area contributed by atoms with Crippen molar-refractivity contribution in [3.63, 3.8) is 0 Å². The van der Waals surface area contributed by atoms with E-state index >= 15 is 0 Å². The molecule has 2 unspecified atom stereocenters. The lowest BCUT2D eigenvalue weighted by Gasteiger charge is -2.29. The number of ether oxygens (including phenoxy) is 4. The van der Waals surface area contributed by atoms with Crippen LogP contribution in [0, 0.1) is 0 Å². The summed E-state index contributed by atoms with van der Waals surface area (Å²) in [6.07, 6.45) is 0.832. The van der Waals surface area contributed by atoms with E-state index in [1.54, 1.807) is 0 Å². The SMILES string of the molecule is CC(CN1CCOCC1)Oc1ccc(NC(=O)NC2=COC(c3ccccc3C(C)(C)C)O2)c2ccccc12. The zero-order valence-electron chi connectivity index (χ0n) is 23.0. The van der Waals surface area contributed by atoms with Gasteiger partial charge in [-0.25, -0.2) is 4.79 Å². The van der Waals surface area contributed by atoms with E-state index in [2.05, 4.69) is 49.3 Å². The number of nitrogens with zero attached hydrogens (tertiary/aromatic N) is 1. The number of hydrogen-bond acceptors (Lipinski definition) is 6. The van der Waals surface area contributed by atoms with Crippen LogP contribution in [-0.2, 0) is 19.6 Å². The van der Waals surface area contributed by atoms with Gasteiger partial charge >= 0.3 is 6.03 Å². The Morgan fingerprint density at radius 3 is 2.49 bits per heavy atom. The van der Waals surface area contributed by atoms with Crippen LogP contribution in [0.25, 0.3) is 10.8 Å². The standard InChI is InChI=1S/C31H37N3O5/c1-21(19-34-15-17-36-18-16-34)38-27-14-13-26(22-9-5-6-10-23(22)27)32-30(35)33-28-20-37-29(39-28)24-11-7-8-12-25(24)31(2,3)4/h5-14,20-21,29H,15-19H2,1-4H3,(H2,32,33,35). The molecule has 1 saturated heterocycles. The van der Waals surface area contributed by atoms with Crippen molar-refractivity contribution in [1.82, 2.24) is 10.2 Å². The van der Waals surface area contributed by atoms with E-state index in [-0.39, 0.29) is 17.4 Å². The molecule has 3 aromatic rings. The maximum absolute atomic E-state index is 12.9. The third-order valence-electron chi connectivity index (χ3n) is 6.87. The maximum atomic E-state index is 12.9. The number of hydrogen-bond donors (Lipinski definition) is 2. The van der Waals surface area contributed by atoms with Gasteiger partial charge in [-0.15, -0.1) is 0 Å². The Labute approximate surface area is 229 Å². The predicted octanol–water partition coefficient (Wildman–Crippen LogP) is 5.90. The molecule has 2 amide bonds. The van der Waals surface area contributed by atoms with Crippen molar-refractivity contribution in [3.05, 3.63) is 83.9 Å². The van der Waals surface area contributed by atoms with E-state index in [0.29, 0.717) is 5.69 Å². The first-order chi connectivity index (χ1) is 18.8. The second kappa shape index (κ2) is 11.6. The summed E-state index contributed by atoms with van der Waals surface area (Å²) in [6, 6.07) is 19.2. The van der Waals surface area contributed by atoms with Gasteiger partial charge in [-0.2, -0.15) is 0 Å². The summed E-state index contributed by atoms with van der Waals surface area (Å²) in [7, 11) is 0. The number of anilines is 1. The average molecular weight is 532 g/mol. The molecule has 2 N–H and O–H groups in total. The van der Waals surface area contributed by atoms with E-state index in [1.165, 1.54) is 6.26 Å². The van der Waals surface area contributed by atoms with Gasteiger partial charge < -0.3 is 24.3 Å². The zero-order chi connectivity index (χ0) is 27.4.